The van der Waals surface area contributed by atoms with Gasteiger partial charge in [-0.05, 0) is 42.4 Å². The quantitative estimate of drug-likeness (QED) is 0.866. The summed E-state index contributed by atoms with van der Waals surface area (Å²) in [6.45, 7) is 3.84. The van der Waals surface area contributed by atoms with E-state index in [1.165, 1.54) is 19.2 Å². The van der Waals surface area contributed by atoms with E-state index in [0.717, 1.165) is 11.3 Å². The molecule has 0 spiro atoms. The topological polar surface area (TPSA) is 38.3 Å². The molecule has 0 radical (unpaired) electrons. The van der Waals surface area contributed by atoms with Crippen LogP contribution in [0.25, 0.3) is 0 Å². The first-order chi connectivity index (χ1) is 8.98. The monoisotopic (exact) mass is 283 g/mol. The van der Waals surface area contributed by atoms with E-state index in [0.29, 0.717) is 11.4 Å². The van der Waals surface area contributed by atoms with Crippen molar-refractivity contribution in [3.05, 3.63) is 29.6 Å². The smallest absolute Gasteiger partial charge is 0.332 e. The first kappa shape index (κ1) is 14.2. The molecule has 19 heavy (non-hydrogen) atoms. The minimum absolute atomic E-state index is 0.133. The average Bonchev–Trinajstić information content (AvgIpc) is 2.69. The predicted molar refractivity (Wildman–Crippen MR) is 76.0 cm³/mol. The summed E-state index contributed by atoms with van der Waals surface area (Å²) in [7, 11) is 1.39. The first-order valence-corrected chi connectivity index (χ1v) is 7.35. The SMILES string of the molecule is COC(=O)C1(Nc2cc(C)cc(F)c2)CSCC1C. The van der Waals surface area contributed by atoms with Gasteiger partial charge in [-0.1, -0.05) is 6.92 Å². The first-order valence-electron chi connectivity index (χ1n) is 6.19. The number of ether oxygens (including phenoxy) is 1. The molecule has 1 N–H and O–H groups in total. The lowest BCUT2D eigenvalue weighted by Gasteiger charge is -2.32. The van der Waals surface area contributed by atoms with Gasteiger partial charge in [0.25, 0.3) is 0 Å². The second kappa shape index (κ2) is 5.41. The van der Waals surface area contributed by atoms with Crippen LogP contribution in [0.3, 0.4) is 0 Å². The minimum atomic E-state index is -0.764. The number of esters is 1. The fourth-order valence-electron chi connectivity index (χ4n) is 2.40. The zero-order valence-corrected chi connectivity index (χ0v) is 12.1. The highest BCUT2D eigenvalue weighted by Crippen LogP contribution is 2.37. The lowest BCUT2D eigenvalue weighted by Crippen LogP contribution is -2.52. The summed E-state index contributed by atoms with van der Waals surface area (Å²) in [6.07, 6.45) is 0. The Morgan fingerprint density at radius 2 is 2.26 bits per heavy atom. The van der Waals surface area contributed by atoms with Crippen molar-refractivity contribution in [2.75, 3.05) is 23.9 Å². The van der Waals surface area contributed by atoms with Gasteiger partial charge in [-0.3, -0.25) is 0 Å². The standard InChI is InChI=1S/C14H18FNO2S/c1-9-4-11(15)6-12(5-9)16-14(13(17)18-3)8-19-7-10(14)2/h4-6,10,16H,7-8H2,1-3H3. The molecular weight excluding hydrogens is 265 g/mol. The minimum Gasteiger partial charge on any atom is -0.467 e. The number of rotatable bonds is 3. The fraction of sp³-hybridized carbons (Fsp3) is 0.500. The second-order valence-corrected chi connectivity index (χ2v) is 6.05. The molecule has 104 valence electrons. The molecule has 1 aromatic rings. The van der Waals surface area contributed by atoms with E-state index in [9.17, 15) is 9.18 Å². The Hall–Kier alpha value is -1.23. The normalized spacial score (nSPS) is 26.2. The molecule has 1 fully saturated rings. The van der Waals surface area contributed by atoms with Gasteiger partial charge >= 0.3 is 5.97 Å². The number of aryl methyl sites for hydroxylation is 1. The van der Waals surface area contributed by atoms with Gasteiger partial charge in [-0.2, -0.15) is 11.8 Å². The molecule has 0 amide bonds. The third kappa shape index (κ3) is 2.71. The molecule has 0 bridgehead atoms. The zero-order chi connectivity index (χ0) is 14.0. The van der Waals surface area contributed by atoms with E-state index >= 15 is 0 Å². The van der Waals surface area contributed by atoms with E-state index in [-0.39, 0.29) is 17.7 Å². The highest BCUT2D eigenvalue weighted by molar-refractivity contribution is 7.99. The summed E-state index contributed by atoms with van der Waals surface area (Å²) in [5.41, 5.74) is 0.678. The van der Waals surface area contributed by atoms with Crippen molar-refractivity contribution in [3.8, 4) is 0 Å². The van der Waals surface area contributed by atoms with Gasteiger partial charge in [0, 0.05) is 11.4 Å². The van der Waals surface area contributed by atoms with Crippen molar-refractivity contribution in [2.24, 2.45) is 5.92 Å². The second-order valence-electron chi connectivity index (χ2n) is 5.02. The largest absolute Gasteiger partial charge is 0.467 e. The van der Waals surface area contributed by atoms with Crippen molar-refractivity contribution in [2.45, 2.75) is 19.4 Å². The maximum absolute atomic E-state index is 13.4. The number of hydrogen-bond acceptors (Lipinski definition) is 4. The molecule has 1 aliphatic rings. The molecule has 5 heteroatoms. The summed E-state index contributed by atoms with van der Waals surface area (Å²) in [5.74, 6) is 1.06. The summed E-state index contributed by atoms with van der Waals surface area (Å²) in [6, 6.07) is 4.71. The van der Waals surface area contributed by atoms with Crippen LogP contribution in [0.4, 0.5) is 10.1 Å². The van der Waals surface area contributed by atoms with Gasteiger partial charge in [0.05, 0.1) is 7.11 Å². The van der Waals surface area contributed by atoms with Crippen molar-refractivity contribution >= 4 is 23.4 Å². The molecule has 2 unspecified atom stereocenters. The Kier molecular flexibility index (Phi) is 4.04. The maximum Gasteiger partial charge on any atom is 0.332 e. The molecular formula is C14H18FNO2S. The van der Waals surface area contributed by atoms with Crippen LogP contribution in [-0.2, 0) is 9.53 Å². The number of thioether (sulfide) groups is 1. The molecule has 3 nitrogen and oxygen atoms in total. The van der Waals surface area contributed by atoms with Crippen molar-refractivity contribution < 1.29 is 13.9 Å². The third-order valence-electron chi connectivity index (χ3n) is 3.50. The molecule has 2 rings (SSSR count). The summed E-state index contributed by atoms with van der Waals surface area (Å²) >= 11 is 1.70. The van der Waals surface area contributed by atoms with Gasteiger partial charge in [0.15, 0.2) is 0 Å². The van der Waals surface area contributed by atoms with Crippen LogP contribution in [-0.4, -0.2) is 30.1 Å². The van der Waals surface area contributed by atoms with Crippen LogP contribution < -0.4 is 5.32 Å². The lowest BCUT2D eigenvalue weighted by molar-refractivity contribution is -0.146. The van der Waals surface area contributed by atoms with Crippen LogP contribution in [0, 0.1) is 18.7 Å². The molecule has 0 aliphatic carbocycles. The van der Waals surface area contributed by atoms with Crippen LogP contribution >= 0.6 is 11.8 Å². The van der Waals surface area contributed by atoms with E-state index in [2.05, 4.69) is 5.32 Å². The van der Waals surface area contributed by atoms with E-state index < -0.39 is 5.54 Å². The van der Waals surface area contributed by atoms with Gasteiger partial charge in [0.2, 0.25) is 0 Å². The summed E-state index contributed by atoms with van der Waals surface area (Å²) in [4.78, 5) is 12.1. The molecule has 1 aromatic carbocycles. The molecule has 1 saturated heterocycles. The number of halogens is 1. The molecule has 0 saturated carbocycles. The summed E-state index contributed by atoms with van der Waals surface area (Å²) in [5, 5.41) is 3.20. The number of methoxy groups -OCH3 is 1. The van der Waals surface area contributed by atoms with Crippen LogP contribution in [0.5, 0.6) is 0 Å². The Bertz CT molecular complexity index is 474. The van der Waals surface area contributed by atoms with E-state index in [1.807, 2.05) is 19.9 Å². The van der Waals surface area contributed by atoms with Gasteiger partial charge in [-0.25, -0.2) is 9.18 Å². The van der Waals surface area contributed by atoms with Gasteiger partial charge in [-0.15, -0.1) is 0 Å². The third-order valence-corrected chi connectivity index (χ3v) is 4.89. The summed E-state index contributed by atoms with van der Waals surface area (Å²) < 4.78 is 18.4. The number of carbonyl (C=O) groups is 1. The Balaban J connectivity index is 2.33. The highest BCUT2D eigenvalue weighted by Gasteiger charge is 2.48. The number of hydrogen-bond donors (Lipinski definition) is 1. The Morgan fingerprint density at radius 1 is 1.53 bits per heavy atom. The van der Waals surface area contributed by atoms with Crippen molar-refractivity contribution in [1.82, 2.24) is 0 Å². The molecule has 0 aromatic heterocycles. The Morgan fingerprint density at radius 3 is 2.79 bits per heavy atom. The highest BCUT2D eigenvalue weighted by atomic mass is 32.2. The maximum atomic E-state index is 13.4. The van der Waals surface area contributed by atoms with Crippen LogP contribution in [0.1, 0.15) is 12.5 Å². The number of anilines is 1. The predicted octanol–water partition coefficient (Wildman–Crippen LogP) is 2.84. The zero-order valence-electron chi connectivity index (χ0n) is 11.3. The van der Waals surface area contributed by atoms with Crippen molar-refractivity contribution in [1.29, 1.82) is 0 Å². The fourth-order valence-corrected chi connectivity index (χ4v) is 3.95. The van der Waals surface area contributed by atoms with E-state index in [1.54, 1.807) is 11.8 Å². The van der Waals surface area contributed by atoms with Crippen LogP contribution in [0.2, 0.25) is 0 Å². The lowest BCUT2D eigenvalue weighted by atomic mass is 9.88. The number of benzene rings is 1. The molecule has 2 atom stereocenters. The van der Waals surface area contributed by atoms with Gasteiger partial charge in [0.1, 0.15) is 11.4 Å². The average molecular weight is 283 g/mol. The van der Waals surface area contributed by atoms with Crippen molar-refractivity contribution in [3.63, 3.8) is 0 Å². The van der Waals surface area contributed by atoms with Crippen LogP contribution in [0.15, 0.2) is 18.2 Å². The van der Waals surface area contributed by atoms with Gasteiger partial charge < -0.3 is 10.1 Å². The Labute approximate surface area is 116 Å². The number of carbonyl (C=O) groups excluding carboxylic acids is 1. The molecule has 1 heterocycles. The number of nitrogens with one attached hydrogen (secondary N) is 1. The molecule has 1 aliphatic heterocycles. The van der Waals surface area contributed by atoms with E-state index in [4.69, 9.17) is 4.74 Å².